The van der Waals surface area contributed by atoms with Crippen LogP contribution in [0.3, 0.4) is 0 Å². The van der Waals surface area contributed by atoms with Crippen LogP contribution in [0, 0.1) is 5.92 Å². The minimum atomic E-state index is -0.0459. The van der Waals surface area contributed by atoms with E-state index in [0.29, 0.717) is 6.54 Å². The molecule has 0 bridgehead atoms. The maximum atomic E-state index is 12.6. The first-order valence-electron chi connectivity index (χ1n) is 9.28. The largest absolute Gasteiger partial charge is 0.396 e. The molecule has 24 heavy (non-hydrogen) atoms. The number of aliphatic hydroxyl groups is 1. The number of hydrogen-bond acceptors (Lipinski definition) is 3. The van der Waals surface area contributed by atoms with Crippen molar-refractivity contribution >= 4 is 17.4 Å². The molecule has 2 amide bonds. The molecule has 0 aliphatic carbocycles. The topological polar surface area (TPSA) is 55.8 Å². The Morgan fingerprint density at radius 3 is 2.58 bits per heavy atom. The van der Waals surface area contributed by atoms with Gasteiger partial charge in [-0.1, -0.05) is 25.0 Å². The summed E-state index contributed by atoms with van der Waals surface area (Å²) in [6, 6.07) is 8.07. The zero-order valence-electron chi connectivity index (χ0n) is 14.4. The molecular formula is C19H29N3O2. The number of hydrogen-bond donors (Lipinski definition) is 2. The predicted molar refractivity (Wildman–Crippen MR) is 97.5 cm³/mol. The molecule has 0 radical (unpaired) electrons. The van der Waals surface area contributed by atoms with E-state index < -0.39 is 0 Å². The molecule has 1 unspecified atom stereocenters. The Morgan fingerprint density at radius 2 is 1.83 bits per heavy atom. The smallest absolute Gasteiger partial charge is 0.321 e. The number of benzene rings is 1. The molecule has 2 saturated heterocycles. The van der Waals surface area contributed by atoms with Crippen LogP contribution < -0.4 is 10.2 Å². The highest BCUT2D eigenvalue weighted by Gasteiger charge is 2.24. The first-order chi connectivity index (χ1) is 11.8. The van der Waals surface area contributed by atoms with Gasteiger partial charge in [-0.25, -0.2) is 4.79 Å². The third-order valence-electron chi connectivity index (χ3n) is 5.16. The van der Waals surface area contributed by atoms with Crippen molar-refractivity contribution in [3.63, 3.8) is 0 Å². The molecule has 2 fully saturated rings. The lowest BCUT2D eigenvalue weighted by Gasteiger charge is -2.32. The maximum absolute atomic E-state index is 12.6. The summed E-state index contributed by atoms with van der Waals surface area (Å²) >= 11 is 0. The molecule has 132 valence electrons. The third kappa shape index (κ3) is 4.20. The number of carbonyl (C=O) groups excluding carboxylic acids is 1. The highest BCUT2D eigenvalue weighted by Crippen LogP contribution is 2.28. The van der Waals surface area contributed by atoms with Crippen molar-refractivity contribution in [3.8, 4) is 0 Å². The van der Waals surface area contributed by atoms with Gasteiger partial charge in [0, 0.05) is 32.8 Å². The number of para-hydroxylation sites is 2. The van der Waals surface area contributed by atoms with E-state index in [0.717, 1.165) is 43.9 Å². The van der Waals surface area contributed by atoms with E-state index >= 15 is 0 Å². The monoisotopic (exact) mass is 331 g/mol. The normalized spacial score (nSPS) is 22.1. The van der Waals surface area contributed by atoms with Gasteiger partial charge in [0.2, 0.25) is 0 Å². The van der Waals surface area contributed by atoms with Crippen molar-refractivity contribution in [1.29, 1.82) is 0 Å². The van der Waals surface area contributed by atoms with E-state index in [2.05, 4.69) is 16.3 Å². The number of carbonyl (C=O) groups is 1. The number of urea groups is 1. The molecule has 3 rings (SSSR count). The first kappa shape index (κ1) is 17.1. The van der Waals surface area contributed by atoms with Crippen LogP contribution in [-0.2, 0) is 0 Å². The van der Waals surface area contributed by atoms with Crippen molar-refractivity contribution in [1.82, 2.24) is 4.90 Å². The lowest BCUT2D eigenvalue weighted by atomic mass is 9.99. The Bertz CT molecular complexity index is 541. The highest BCUT2D eigenvalue weighted by atomic mass is 16.3. The Hall–Kier alpha value is -1.75. The lowest BCUT2D eigenvalue weighted by Crippen LogP contribution is -2.43. The van der Waals surface area contributed by atoms with Gasteiger partial charge in [-0.3, -0.25) is 0 Å². The van der Waals surface area contributed by atoms with Crippen LogP contribution in [-0.4, -0.2) is 48.8 Å². The van der Waals surface area contributed by atoms with Crippen LogP contribution in [0.5, 0.6) is 0 Å². The van der Waals surface area contributed by atoms with Crippen molar-refractivity contribution in [2.24, 2.45) is 5.92 Å². The van der Waals surface area contributed by atoms with E-state index in [9.17, 15) is 9.90 Å². The number of amides is 2. The second-order valence-corrected chi connectivity index (χ2v) is 6.99. The quantitative estimate of drug-likeness (QED) is 0.893. The summed E-state index contributed by atoms with van der Waals surface area (Å²) < 4.78 is 0. The number of nitrogens with one attached hydrogen (secondary N) is 1. The van der Waals surface area contributed by atoms with Crippen LogP contribution >= 0.6 is 0 Å². The number of nitrogens with zero attached hydrogens (tertiary/aromatic N) is 2. The van der Waals surface area contributed by atoms with Gasteiger partial charge in [-0.05, 0) is 43.7 Å². The van der Waals surface area contributed by atoms with Gasteiger partial charge < -0.3 is 20.2 Å². The van der Waals surface area contributed by atoms with Crippen LogP contribution in [0.15, 0.2) is 24.3 Å². The van der Waals surface area contributed by atoms with Crippen LogP contribution in [0.4, 0.5) is 16.2 Å². The van der Waals surface area contributed by atoms with Crippen LogP contribution in [0.1, 0.15) is 38.5 Å². The molecule has 5 heteroatoms. The highest BCUT2D eigenvalue weighted by molar-refractivity contribution is 5.93. The summed E-state index contributed by atoms with van der Waals surface area (Å²) in [4.78, 5) is 16.9. The van der Waals surface area contributed by atoms with Crippen LogP contribution in [0.2, 0.25) is 0 Å². The Kier molecular flexibility index (Phi) is 5.96. The summed E-state index contributed by atoms with van der Waals surface area (Å²) in [6.07, 6.45) is 6.99. The molecule has 2 heterocycles. The fourth-order valence-electron chi connectivity index (χ4n) is 3.76. The summed E-state index contributed by atoms with van der Waals surface area (Å²) in [5, 5.41) is 12.5. The molecule has 5 nitrogen and oxygen atoms in total. The predicted octanol–water partition coefficient (Wildman–Crippen LogP) is 3.30. The van der Waals surface area contributed by atoms with Gasteiger partial charge in [0.15, 0.2) is 0 Å². The molecule has 2 aliphatic rings. The SMILES string of the molecule is O=C(Nc1ccccc1N1CCCCCC1)N1CCCC(CO)C1. The average molecular weight is 331 g/mol. The first-order valence-corrected chi connectivity index (χ1v) is 9.28. The third-order valence-corrected chi connectivity index (χ3v) is 5.16. The van der Waals surface area contributed by atoms with E-state index in [1.54, 1.807) is 0 Å². The molecular weight excluding hydrogens is 302 g/mol. The minimum Gasteiger partial charge on any atom is -0.396 e. The van der Waals surface area contributed by atoms with Gasteiger partial charge >= 0.3 is 6.03 Å². The van der Waals surface area contributed by atoms with E-state index in [4.69, 9.17) is 0 Å². The zero-order valence-corrected chi connectivity index (χ0v) is 14.4. The number of piperidine rings is 1. The molecule has 0 saturated carbocycles. The van der Waals surface area contributed by atoms with Crippen molar-refractivity contribution in [3.05, 3.63) is 24.3 Å². The van der Waals surface area contributed by atoms with Gasteiger partial charge in [-0.2, -0.15) is 0 Å². The van der Waals surface area contributed by atoms with E-state index in [1.165, 1.54) is 25.7 Å². The molecule has 1 aromatic rings. The minimum absolute atomic E-state index is 0.0459. The van der Waals surface area contributed by atoms with Crippen molar-refractivity contribution in [2.75, 3.05) is 43.0 Å². The Balaban J connectivity index is 1.69. The Morgan fingerprint density at radius 1 is 1.08 bits per heavy atom. The summed E-state index contributed by atoms with van der Waals surface area (Å²) in [7, 11) is 0. The Labute approximate surface area is 144 Å². The van der Waals surface area contributed by atoms with Crippen molar-refractivity contribution < 1.29 is 9.90 Å². The molecule has 2 N–H and O–H groups in total. The molecule has 1 atom stereocenters. The fourth-order valence-corrected chi connectivity index (χ4v) is 3.76. The summed E-state index contributed by atoms with van der Waals surface area (Å²) in [5.41, 5.74) is 2.03. The van der Waals surface area contributed by atoms with E-state index in [1.807, 2.05) is 23.1 Å². The molecule has 0 aromatic heterocycles. The van der Waals surface area contributed by atoms with Gasteiger partial charge in [0.05, 0.1) is 11.4 Å². The average Bonchev–Trinajstić information content (AvgIpc) is 2.91. The summed E-state index contributed by atoms with van der Waals surface area (Å²) in [6.45, 7) is 3.70. The van der Waals surface area contributed by atoms with E-state index in [-0.39, 0.29) is 18.6 Å². The number of aliphatic hydroxyl groups excluding tert-OH is 1. The maximum Gasteiger partial charge on any atom is 0.321 e. The molecule has 1 aromatic carbocycles. The second kappa shape index (κ2) is 8.38. The molecule has 0 spiro atoms. The number of rotatable bonds is 3. The zero-order chi connectivity index (χ0) is 16.8. The van der Waals surface area contributed by atoms with Crippen LogP contribution in [0.25, 0.3) is 0 Å². The standard InChI is InChI=1S/C19H29N3O2/c23-15-16-8-7-13-22(14-16)19(24)20-17-9-3-4-10-18(17)21-11-5-1-2-6-12-21/h3-4,9-10,16,23H,1-2,5-8,11-15H2,(H,20,24). The fraction of sp³-hybridized carbons (Fsp3) is 0.632. The van der Waals surface area contributed by atoms with Gasteiger partial charge in [0.25, 0.3) is 0 Å². The number of anilines is 2. The lowest BCUT2D eigenvalue weighted by molar-refractivity contribution is 0.136. The second-order valence-electron chi connectivity index (χ2n) is 6.99. The molecule has 2 aliphatic heterocycles. The number of likely N-dealkylation sites (tertiary alicyclic amines) is 1. The van der Waals surface area contributed by atoms with Gasteiger partial charge in [-0.15, -0.1) is 0 Å². The van der Waals surface area contributed by atoms with Gasteiger partial charge in [0.1, 0.15) is 0 Å². The summed E-state index contributed by atoms with van der Waals surface area (Å²) in [5.74, 6) is 0.213. The van der Waals surface area contributed by atoms with Crippen molar-refractivity contribution in [2.45, 2.75) is 38.5 Å².